The largest absolute Gasteiger partial charge is 0.496 e. The molecule has 1 saturated heterocycles. The normalized spacial score (nSPS) is 21.8. The molecule has 1 aliphatic rings. The van der Waals surface area contributed by atoms with Crippen molar-refractivity contribution in [3.63, 3.8) is 0 Å². The predicted molar refractivity (Wildman–Crippen MR) is 156 cm³/mol. The number of rotatable bonds is 9. The number of methoxy groups -OCH3 is 1. The summed E-state index contributed by atoms with van der Waals surface area (Å²) in [5.74, 6) is -1.95. The van der Waals surface area contributed by atoms with Crippen LogP contribution < -0.4 is 4.74 Å². The van der Waals surface area contributed by atoms with Gasteiger partial charge in [-0.25, -0.2) is 0 Å². The first-order valence-corrected chi connectivity index (χ1v) is 14.7. The Kier molecular flexibility index (Phi) is 10.2. The van der Waals surface area contributed by atoms with Crippen LogP contribution in [-0.4, -0.2) is 62.0 Å². The lowest BCUT2D eigenvalue weighted by molar-refractivity contribution is -0.254. The number of hydrogen-bond acceptors (Lipinski definition) is 11. The summed E-state index contributed by atoms with van der Waals surface area (Å²) in [5, 5.41) is 1.53. The van der Waals surface area contributed by atoms with Crippen LogP contribution in [0.1, 0.15) is 49.8 Å². The van der Waals surface area contributed by atoms with Gasteiger partial charge in [-0.15, -0.1) is 11.3 Å². The summed E-state index contributed by atoms with van der Waals surface area (Å²) in [6, 6.07) is 13.4. The molecule has 42 heavy (non-hydrogen) atoms. The van der Waals surface area contributed by atoms with Gasteiger partial charge < -0.3 is 28.4 Å². The predicted octanol–water partition coefficient (Wildman–Crippen LogP) is 5.06. The average molecular weight is 664 g/mol. The fraction of sp³-hybridized carbons (Fsp3) is 0.400. The Morgan fingerprint density at radius 2 is 1.45 bits per heavy atom. The zero-order chi connectivity index (χ0) is 30.6. The Hall–Kier alpha value is -3.48. The van der Waals surface area contributed by atoms with Gasteiger partial charge >= 0.3 is 23.9 Å². The summed E-state index contributed by atoms with van der Waals surface area (Å²) in [6.07, 6.45) is -5.27. The van der Waals surface area contributed by atoms with Crippen molar-refractivity contribution in [2.24, 2.45) is 0 Å². The molecule has 0 spiro atoms. The molecule has 2 heterocycles. The number of carbonyl (C=O) groups is 4. The van der Waals surface area contributed by atoms with E-state index in [1.54, 1.807) is 18.4 Å². The first kappa shape index (κ1) is 31.5. The molecule has 1 aliphatic heterocycles. The number of fused-ring (bicyclic) bond motifs is 1. The van der Waals surface area contributed by atoms with E-state index in [4.69, 9.17) is 28.4 Å². The van der Waals surface area contributed by atoms with E-state index in [2.05, 4.69) is 15.9 Å². The Morgan fingerprint density at radius 1 is 0.833 bits per heavy atom. The molecule has 1 aromatic heterocycles. The highest BCUT2D eigenvalue weighted by molar-refractivity contribution is 9.11. The molecule has 0 bridgehead atoms. The third-order valence-corrected chi connectivity index (χ3v) is 8.22. The summed E-state index contributed by atoms with van der Waals surface area (Å²) < 4.78 is 35.5. The van der Waals surface area contributed by atoms with E-state index in [1.807, 2.05) is 42.5 Å². The SMILES string of the molecule is COc1c(Cc2ccc(Br)s2)cc([C@@H]2O[C@H](COC(C)=O)[C@@H](OC(C)=O)[C@H](OC(C)=O)[C@H]2OC(C)=O)c2ccccc12. The molecule has 5 atom stereocenters. The standard InChI is InChI=1S/C30H31BrO10S/c1-15(32)37-14-24-28(38-16(2)33)30(40-18(4)35)29(39-17(3)34)27(41-24)23-13-19(12-20-10-11-25(31)42-20)26(36-5)22-9-7-6-8-21(22)23/h6-11,13,24,27-30H,12,14H2,1-5H3/t24-,27+,28-,29+,30+/m1/s1. The van der Waals surface area contributed by atoms with Crippen LogP contribution in [0.2, 0.25) is 0 Å². The van der Waals surface area contributed by atoms with Gasteiger partial charge in [0.05, 0.1) is 10.9 Å². The quantitative estimate of drug-likeness (QED) is 0.227. The minimum Gasteiger partial charge on any atom is -0.496 e. The third kappa shape index (κ3) is 7.29. The van der Waals surface area contributed by atoms with E-state index in [1.165, 1.54) is 27.7 Å². The van der Waals surface area contributed by atoms with Crippen molar-refractivity contribution in [2.45, 2.75) is 64.6 Å². The van der Waals surface area contributed by atoms with E-state index < -0.39 is 54.4 Å². The van der Waals surface area contributed by atoms with Crippen LogP contribution in [0, 0.1) is 0 Å². The smallest absolute Gasteiger partial charge is 0.303 e. The Labute approximate surface area is 255 Å². The lowest BCUT2D eigenvalue weighted by Crippen LogP contribution is -2.59. The number of carbonyl (C=O) groups excluding carboxylic acids is 4. The van der Waals surface area contributed by atoms with E-state index in [0.717, 1.165) is 25.0 Å². The van der Waals surface area contributed by atoms with E-state index in [-0.39, 0.29) is 6.61 Å². The number of ether oxygens (including phenoxy) is 6. The number of esters is 4. The molecule has 1 fully saturated rings. The second kappa shape index (κ2) is 13.7. The van der Waals surface area contributed by atoms with Gasteiger partial charge in [-0.2, -0.15) is 0 Å². The van der Waals surface area contributed by atoms with E-state index >= 15 is 0 Å². The van der Waals surface area contributed by atoms with Crippen LogP contribution in [0.3, 0.4) is 0 Å². The van der Waals surface area contributed by atoms with Crippen molar-refractivity contribution in [3.05, 3.63) is 62.3 Å². The number of halogens is 1. The summed E-state index contributed by atoms with van der Waals surface area (Å²) in [4.78, 5) is 49.6. The zero-order valence-corrected chi connectivity index (χ0v) is 26.1. The first-order chi connectivity index (χ1) is 20.0. The molecule has 0 unspecified atom stereocenters. The first-order valence-electron chi connectivity index (χ1n) is 13.1. The highest BCUT2D eigenvalue weighted by Crippen LogP contribution is 2.44. The molecule has 12 heteroatoms. The van der Waals surface area contributed by atoms with Gasteiger partial charge in [0.1, 0.15) is 24.6 Å². The van der Waals surface area contributed by atoms with Gasteiger partial charge in [-0.05, 0) is 45.1 Å². The summed E-state index contributed by atoms with van der Waals surface area (Å²) in [5.41, 5.74) is 1.46. The second-order valence-corrected chi connectivity index (χ2v) is 12.3. The third-order valence-electron chi connectivity index (χ3n) is 6.60. The van der Waals surface area contributed by atoms with Crippen molar-refractivity contribution < 1.29 is 47.6 Å². The fourth-order valence-electron chi connectivity index (χ4n) is 5.16. The van der Waals surface area contributed by atoms with Crippen LogP contribution >= 0.6 is 27.3 Å². The molecule has 0 radical (unpaired) electrons. The van der Waals surface area contributed by atoms with Gasteiger partial charge in [0, 0.05) is 49.9 Å². The Morgan fingerprint density at radius 3 is 2.02 bits per heavy atom. The van der Waals surface area contributed by atoms with Crippen molar-refractivity contribution in [2.75, 3.05) is 13.7 Å². The van der Waals surface area contributed by atoms with Gasteiger partial charge in [-0.3, -0.25) is 19.2 Å². The van der Waals surface area contributed by atoms with Crippen LogP contribution in [0.25, 0.3) is 10.8 Å². The van der Waals surface area contributed by atoms with E-state index in [9.17, 15) is 19.2 Å². The Bertz CT molecular complexity index is 1480. The molecule has 0 aliphatic carbocycles. The number of thiophene rings is 1. The van der Waals surface area contributed by atoms with Gasteiger partial charge in [0.15, 0.2) is 18.3 Å². The average Bonchev–Trinajstić information content (AvgIpc) is 3.33. The second-order valence-electron chi connectivity index (χ2n) is 9.71. The summed E-state index contributed by atoms with van der Waals surface area (Å²) >= 11 is 5.10. The van der Waals surface area contributed by atoms with Crippen molar-refractivity contribution in [1.82, 2.24) is 0 Å². The lowest BCUT2D eigenvalue weighted by atomic mass is 9.86. The van der Waals surface area contributed by atoms with Gasteiger partial charge in [0.25, 0.3) is 0 Å². The highest BCUT2D eigenvalue weighted by atomic mass is 79.9. The molecule has 0 amide bonds. The van der Waals surface area contributed by atoms with Crippen molar-refractivity contribution in [3.8, 4) is 5.75 Å². The van der Waals surface area contributed by atoms with Crippen LogP contribution in [0.4, 0.5) is 0 Å². The molecule has 224 valence electrons. The minimum absolute atomic E-state index is 0.307. The molecule has 2 aromatic carbocycles. The topological polar surface area (TPSA) is 124 Å². The molecule has 3 aromatic rings. The van der Waals surface area contributed by atoms with Crippen LogP contribution in [-0.2, 0) is 49.3 Å². The van der Waals surface area contributed by atoms with Crippen molar-refractivity contribution >= 4 is 61.9 Å². The van der Waals surface area contributed by atoms with E-state index in [0.29, 0.717) is 17.7 Å². The molecule has 10 nitrogen and oxygen atoms in total. The molecular formula is C30H31BrO10S. The number of hydrogen-bond donors (Lipinski definition) is 0. The van der Waals surface area contributed by atoms with Crippen molar-refractivity contribution in [1.29, 1.82) is 0 Å². The van der Waals surface area contributed by atoms with Gasteiger partial charge in [-0.1, -0.05) is 24.3 Å². The fourth-order valence-corrected chi connectivity index (χ4v) is 6.66. The molecule has 0 saturated carbocycles. The lowest BCUT2D eigenvalue weighted by Gasteiger charge is -2.45. The number of benzene rings is 2. The summed E-state index contributed by atoms with van der Waals surface area (Å²) in [7, 11) is 1.60. The maximum Gasteiger partial charge on any atom is 0.303 e. The molecule has 4 rings (SSSR count). The van der Waals surface area contributed by atoms with Crippen LogP contribution in [0.5, 0.6) is 5.75 Å². The maximum absolute atomic E-state index is 12.4. The Balaban J connectivity index is 1.93. The maximum atomic E-state index is 12.4. The highest BCUT2D eigenvalue weighted by Gasteiger charge is 2.53. The zero-order valence-electron chi connectivity index (χ0n) is 23.7. The molecular weight excluding hydrogens is 632 g/mol. The summed E-state index contributed by atoms with van der Waals surface area (Å²) in [6.45, 7) is 4.53. The van der Waals surface area contributed by atoms with Crippen LogP contribution in [0.15, 0.2) is 46.3 Å². The minimum atomic E-state index is -1.27. The van der Waals surface area contributed by atoms with Gasteiger partial charge in [0.2, 0.25) is 0 Å². The monoisotopic (exact) mass is 662 g/mol. The molecule has 0 N–H and O–H groups in total.